The van der Waals surface area contributed by atoms with E-state index in [9.17, 15) is 0 Å². The van der Waals surface area contributed by atoms with E-state index in [2.05, 4.69) is 0 Å². The van der Waals surface area contributed by atoms with Crippen molar-refractivity contribution in [1.29, 1.82) is 0 Å². The van der Waals surface area contributed by atoms with Crippen molar-refractivity contribution >= 4 is 24.1 Å². The maximum atomic E-state index is 4.97. The Balaban J connectivity index is 2.91. The molecule has 0 aliphatic carbocycles. The lowest BCUT2D eigenvalue weighted by molar-refractivity contribution is 0.774. The van der Waals surface area contributed by atoms with Gasteiger partial charge in [0.1, 0.15) is 0 Å². The van der Waals surface area contributed by atoms with Crippen molar-refractivity contribution in [3.05, 3.63) is 23.0 Å². The summed E-state index contributed by atoms with van der Waals surface area (Å²) in [4.78, 5) is 0. The van der Waals surface area contributed by atoms with Crippen LogP contribution in [-0.4, -0.2) is 0 Å². The summed E-state index contributed by atoms with van der Waals surface area (Å²) in [5.41, 5.74) is 0. The van der Waals surface area contributed by atoms with E-state index in [1.165, 1.54) is 24.1 Å². The van der Waals surface area contributed by atoms with Crippen molar-refractivity contribution < 1.29 is 3.63 Å². The molecule has 0 spiro atoms. The van der Waals surface area contributed by atoms with E-state index in [-0.39, 0.29) is 0 Å². The highest BCUT2D eigenvalue weighted by molar-refractivity contribution is 8.10. The third-order valence-corrected chi connectivity index (χ3v) is 1.86. The minimum absolute atomic E-state index is 1.32. The van der Waals surface area contributed by atoms with Crippen LogP contribution in [0.4, 0.5) is 0 Å². The third-order valence-electron chi connectivity index (χ3n) is 0.462. The second kappa shape index (κ2) is 8.14. The monoisotopic (exact) mass is 162 g/mol. The average molecular weight is 162 g/mol. The first-order chi connectivity index (χ1) is 4.41. The minimum Gasteiger partial charge on any atom is -0.238 e. The second-order valence-corrected chi connectivity index (χ2v) is 2.67. The zero-order valence-electron chi connectivity index (χ0n) is 5.53. The second-order valence-electron chi connectivity index (χ2n) is 1.20. The summed E-state index contributed by atoms with van der Waals surface area (Å²) in [6.45, 7) is 3.91. The highest BCUT2D eigenvalue weighted by atomic mass is 32.2. The molecule has 0 atom stereocenters. The molecule has 0 aliphatic rings. The normalized spacial score (nSPS) is 11.8. The van der Waals surface area contributed by atoms with Gasteiger partial charge in [-0.3, -0.25) is 0 Å². The molecule has 9 heavy (non-hydrogen) atoms. The zero-order valence-corrected chi connectivity index (χ0v) is 7.17. The number of allylic oxidation sites excluding steroid dienone is 2. The average Bonchev–Trinajstić information content (AvgIpc) is 1.89. The summed E-state index contributed by atoms with van der Waals surface area (Å²) < 4.78 is 4.97. The van der Waals surface area contributed by atoms with Crippen molar-refractivity contribution in [1.82, 2.24) is 0 Å². The summed E-state index contributed by atoms with van der Waals surface area (Å²) in [6, 6.07) is 0. The van der Waals surface area contributed by atoms with E-state index in [1.807, 2.05) is 36.8 Å². The smallest absolute Gasteiger partial charge is 0.0364 e. The lowest BCUT2D eigenvalue weighted by Crippen LogP contribution is -1.53. The van der Waals surface area contributed by atoms with Crippen LogP contribution in [0, 0.1) is 0 Å². The van der Waals surface area contributed by atoms with Gasteiger partial charge in [-0.05, 0) is 24.7 Å². The Kier molecular flexibility index (Phi) is 8.27. The van der Waals surface area contributed by atoms with E-state index in [4.69, 9.17) is 3.63 Å². The van der Waals surface area contributed by atoms with Crippen LogP contribution in [0.1, 0.15) is 13.8 Å². The van der Waals surface area contributed by atoms with Crippen molar-refractivity contribution in [3.63, 3.8) is 0 Å². The molecular weight excluding hydrogens is 152 g/mol. The summed E-state index contributed by atoms with van der Waals surface area (Å²) in [5.74, 6) is 0. The van der Waals surface area contributed by atoms with Crippen LogP contribution in [0.3, 0.4) is 0 Å². The fraction of sp³-hybridized carbons (Fsp3) is 0.333. The van der Waals surface area contributed by atoms with Crippen molar-refractivity contribution in [2.45, 2.75) is 13.8 Å². The highest BCUT2D eigenvalue weighted by Gasteiger charge is 1.77. The van der Waals surface area contributed by atoms with Gasteiger partial charge in [0.25, 0.3) is 0 Å². The van der Waals surface area contributed by atoms with Gasteiger partial charge in [-0.25, -0.2) is 3.63 Å². The topological polar surface area (TPSA) is 9.23 Å². The first kappa shape index (κ1) is 9.14. The van der Waals surface area contributed by atoms with E-state index in [0.29, 0.717) is 0 Å². The maximum Gasteiger partial charge on any atom is 0.0364 e. The molecule has 3 heteroatoms. The number of hydrogen-bond donors (Lipinski definition) is 0. The standard InChI is InChI=1S/C6H10OS2/c1-3-5-8-7-9-6-4-2/h3-6H,1-2H3/b5-3+,6-4+. The van der Waals surface area contributed by atoms with Gasteiger partial charge in [-0.2, -0.15) is 0 Å². The summed E-state index contributed by atoms with van der Waals surface area (Å²) in [7, 11) is 0. The van der Waals surface area contributed by atoms with E-state index in [0.717, 1.165) is 0 Å². The van der Waals surface area contributed by atoms with Gasteiger partial charge in [0.05, 0.1) is 0 Å². The Morgan fingerprint density at radius 3 is 1.78 bits per heavy atom. The van der Waals surface area contributed by atoms with Gasteiger partial charge in [0.15, 0.2) is 0 Å². The van der Waals surface area contributed by atoms with Gasteiger partial charge in [0, 0.05) is 24.1 Å². The van der Waals surface area contributed by atoms with Crippen LogP contribution in [0.5, 0.6) is 0 Å². The Bertz CT molecular complexity index is 87.2. The van der Waals surface area contributed by atoms with Crippen LogP contribution in [0.25, 0.3) is 0 Å². The largest absolute Gasteiger partial charge is 0.238 e. The van der Waals surface area contributed by atoms with Gasteiger partial charge < -0.3 is 0 Å². The molecule has 0 aromatic heterocycles. The lowest BCUT2D eigenvalue weighted by atomic mass is 10.8. The van der Waals surface area contributed by atoms with Crippen molar-refractivity contribution in [2.24, 2.45) is 0 Å². The summed E-state index contributed by atoms with van der Waals surface area (Å²) in [5, 5.41) is 3.77. The molecule has 0 N–H and O–H groups in total. The Labute approximate surface area is 65.0 Å². The molecule has 0 bridgehead atoms. The highest BCUT2D eigenvalue weighted by Crippen LogP contribution is 2.15. The number of hydrogen-bond acceptors (Lipinski definition) is 3. The third kappa shape index (κ3) is 8.14. The SMILES string of the molecule is C/C=C/SOS/C=C/C. The van der Waals surface area contributed by atoms with E-state index in [1.54, 1.807) is 0 Å². The molecule has 0 radical (unpaired) electrons. The van der Waals surface area contributed by atoms with Crippen LogP contribution >= 0.6 is 24.1 Å². The van der Waals surface area contributed by atoms with E-state index < -0.39 is 0 Å². The van der Waals surface area contributed by atoms with E-state index >= 15 is 0 Å². The molecule has 0 fully saturated rings. The number of rotatable bonds is 4. The zero-order chi connectivity index (χ0) is 6.95. The fourth-order valence-corrected chi connectivity index (χ4v) is 0.946. The Morgan fingerprint density at radius 2 is 1.44 bits per heavy atom. The Hall–Kier alpha value is 0.140. The molecule has 1 nitrogen and oxygen atoms in total. The van der Waals surface area contributed by atoms with Crippen LogP contribution in [0.15, 0.2) is 23.0 Å². The predicted molar refractivity (Wildman–Crippen MR) is 45.9 cm³/mol. The van der Waals surface area contributed by atoms with Gasteiger partial charge in [-0.1, -0.05) is 12.2 Å². The van der Waals surface area contributed by atoms with Crippen LogP contribution < -0.4 is 0 Å². The Morgan fingerprint density at radius 1 is 1.00 bits per heavy atom. The molecule has 0 aromatic rings. The van der Waals surface area contributed by atoms with Gasteiger partial charge in [0.2, 0.25) is 0 Å². The summed E-state index contributed by atoms with van der Waals surface area (Å²) in [6.07, 6.45) is 3.86. The van der Waals surface area contributed by atoms with Crippen molar-refractivity contribution in [3.8, 4) is 0 Å². The minimum atomic E-state index is 1.32. The lowest BCUT2D eigenvalue weighted by Gasteiger charge is -1.87. The van der Waals surface area contributed by atoms with Gasteiger partial charge >= 0.3 is 0 Å². The molecule has 0 amide bonds. The fourth-order valence-electron chi connectivity index (χ4n) is 0.179. The molecular formula is C6H10OS2. The summed E-state index contributed by atoms with van der Waals surface area (Å²) >= 11 is 2.65. The van der Waals surface area contributed by atoms with Gasteiger partial charge in [-0.15, -0.1) is 0 Å². The van der Waals surface area contributed by atoms with Crippen molar-refractivity contribution in [2.75, 3.05) is 0 Å². The first-order valence-corrected chi connectivity index (χ1v) is 4.24. The van der Waals surface area contributed by atoms with Crippen LogP contribution in [0.2, 0.25) is 0 Å². The molecule has 0 saturated carbocycles. The molecule has 0 rings (SSSR count). The molecule has 0 saturated heterocycles. The first-order valence-electron chi connectivity index (χ1n) is 2.63. The quantitative estimate of drug-likeness (QED) is 0.463. The predicted octanol–water partition coefficient (Wildman–Crippen LogP) is 3.37. The van der Waals surface area contributed by atoms with Crippen LogP contribution in [-0.2, 0) is 3.63 Å². The molecule has 0 aromatic carbocycles. The molecule has 52 valence electrons. The molecule has 0 aliphatic heterocycles. The maximum absolute atomic E-state index is 4.97. The molecule has 0 unspecified atom stereocenters. The molecule has 0 heterocycles.